The van der Waals surface area contributed by atoms with Gasteiger partial charge in [-0.3, -0.25) is 0 Å². The highest BCUT2D eigenvalue weighted by Crippen LogP contribution is 2.32. The van der Waals surface area contributed by atoms with E-state index < -0.39 is 0 Å². The molecule has 0 bridgehead atoms. The van der Waals surface area contributed by atoms with Gasteiger partial charge in [-0.15, -0.1) is 0 Å². The molecule has 1 unspecified atom stereocenters. The molecular formula is C25H35NO3. The molecule has 0 spiro atoms. The molecule has 1 aromatic heterocycles. The Hall–Kier alpha value is -2.07. The van der Waals surface area contributed by atoms with Gasteiger partial charge in [0.05, 0.1) is 11.8 Å². The largest absolute Gasteiger partial charge is 0.507 e. The Morgan fingerprint density at radius 2 is 1.83 bits per heavy atom. The molecule has 1 aromatic carbocycles. The minimum atomic E-state index is 0.127. The monoisotopic (exact) mass is 397 g/mol. The number of aryl methyl sites for hydroxylation is 3. The highest BCUT2D eigenvalue weighted by atomic mass is 16.5. The molecule has 2 aromatic rings. The zero-order valence-electron chi connectivity index (χ0n) is 18.1. The van der Waals surface area contributed by atoms with Crippen LogP contribution in [-0.2, 0) is 24.0 Å². The van der Waals surface area contributed by atoms with Crippen molar-refractivity contribution in [2.45, 2.75) is 77.7 Å². The minimum Gasteiger partial charge on any atom is -0.507 e. The molecule has 2 heterocycles. The van der Waals surface area contributed by atoms with Gasteiger partial charge < -0.3 is 14.6 Å². The average Bonchev–Trinajstić information content (AvgIpc) is 2.72. The van der Waals surface area contributed by atoms with Gasteiger partial charge in [0.1, 0.15) is 12.4 Å². The van der Waals surface area contributed by atoms with Crippen molar-refractivity contribution in [1.82, 2.24) is 4.98 Å². The van der Waals surface area contributed by atoms with Crippen molar-refractivity contribution in [2.75, 3.05) is 13.2 Å². The van der Waals surface area contributed by atoms with E-state index in [0.717, 1.165) is 50.0 Å². The van der Waals surface area contributed by atoms with Crippen LogP contribution in [0.1, 0.15) is 74.8 Å². The molecule has 1 saturated heterocycles. The lowest BCUT2D eigenvalue weighted by Gasteiger charge is -2.23. The maximum Gasteiger partial charge on any atom is 0.217 e. The summed E-state index contributed by atoms with van der Waals surface area (Å²) in [4.78, 5) is 4.76. The molecule has 0 aliphatic carbocycles. The predicted molar refractivity (Wildman–Crippen MR) is 117 cm³/mol. The van der Waals surface area contributed by atoms with Gasteiger partial charge in [-0.05, 0) is 55.6 Å². The number of rotatable bonds is 9. The number of hydrogen-bond donors (Lipinski definition) is 1. The summed E-state index contributed by atoms with van der Waals surface area (Å²) in [6.07, 6.45) is 7.43. The second-order valence-electron chi connectivity index (χ2n) is 8.36. The summed E-state index contributed by atoms with van der Waals surface area (Å²) in [5.41, 5.74) is 4.53. The summed E-state index contributed by atoms with van der Waals surface area (Å²) in [5, 5.41) is 10.6. The zero-order chi connectivity index (χ0) is 20.6. The first-order valence-corrected chi connectivity index (χ1v) is 11.1. The van der Waals surface area contributed by atoms with Crippen molar-refractivity contribution >= 4 is 0 Å². The normalized spacial score (nSPS) is 16.9. The first-order valence-electron chi connectivity index (χ1n) is 11.1. The summed E-state index contributed by atoms with van der Waals surface area (Å²) < 4.78 is 11.6. The van der Waals surface area contributed by atoms with Crippen molar-refractivity contribution in [1.29, 1.82) is 0 Å². The van der Waals surface area contributed by atoms with Gasteiger partial charge in [0.2, 0.25) is 5.88 Å². The lowest BCUT2D eigenvalue weighted by atomic mass is 9.96. The van der Waals surface area contributed by atoms with Crippen LogP contribution in [0, 0.1) is 0 Å². The molecule has 1 aliphatic heterocycles. The van der Waals surface area contributed by atoms with Crippen LogP contribution in [0.25, 0.3) is 0 Å². The topological polar surface area (TPSA) is 51.6 Å². The highest BCUT2D eigenvalue weighted by Gasteiger charge is 2.18. The van der Waals surface area contributed by atoms with Gasteiger partial charge in [-0.2, -0.15) is 0 Å². The standard InChI is InChI=1S/C25H35NO3/c1-4-7-19-9-11-20(12-10-19)13-14-22-25(18(2)3)23(27)16-24(26-22)29-17-21-8-5-6-15-28-21/h9-12,16,18,21H,4-8,13-15,17H2,1-3H3,(H,26,27). The van der Waals surface area contributed by atoms with Gasteiger partial charge in [-0.25, -0.2) is 4.98 Å². The van der Waals surface area contributed by atoms with Crippen LogP contribution in [0.4, 0.5) is 0 Å². The molecule has 1 aliphatic rings. The van der Waals surface area contributed by atoms with Crippen molar-refractivity contribution in [3.05, 3.63) is 52.7 Å². The lowest BCUT2D eigenvalue weighted by Crippen LogP contribution is -2.26. The Labute approximate surface area is 175 Å². The third kappa shape index (κ3) is 6.20. The van der Waals surface area contributed by atoms with Crippen LogP contribution in [0.3, 0.4) is 0 Å². The fraction of sp³-hybridized carbons (Fsp3) is 0.560. The molecule has 3 rings (SSSR count). The van der Waals surface area contributed by atoms with Crippen molar-refractivity contribution in [3.8, 4) is 11.6 Å². The number of ether oxygens (including phenoxy) is 2. The van der Waals surface area contributed by atoms with E-state index in [2.05, 4.69) is 45.0 Å². The molecule has 1 N–H and O–H groups in total. The van der Waals surface area contributed by atoms with E-state index >= 15 is 0 Å². The van der Waals surface area contributed by atoms with Gasteiger partial charge in [0.25, 0.3) is 0 Å². The smallest absolute Gasteiger partial charge is 0.217 e. The molecule has 0 amide bonds. The summed E-state index contributed by atoms with van der Waals surface area (Å²) >= 11 is 0. The van der Waals surface area contributed by atoms with Crippen LogP contribution < -0.4 is 4.74 Å². The highest BCUT2D eigenvalue weighted by molar-refractivity contribution is 5.42. The summed E-state index contributed by atoms with van der Waals surface area (Å²) in [5.74, 6) is 0.984. The maximum absolute atomic E-state index is 10.6. The number of aromatic nitrogens is 1. The Kier molecular flexibility index (Phi) is 7.93. The van der Waals surface area contributed by atoms with E-state index in [1.165, 1.54) is 24.0 Å². The van der Waals surface area contributed by atoms with Crippen LogP contribution in [0.15, 0.2) is 30.3 Å². The first kappa shape index (κ1) is 21.6. The van der Waals surface area contributed by atoms with Gasteiger partial charge in [-0.1, -0.05) is 51.5 Å². The average molecular weight is 398 g/mol. The van der Waals surface area contributed by atoms with E-state index in [-0.39, 0.29) is 17.8 Å². The molecule has 1 atom stereocenters. The summed E-state index contributed by atoms with van der Waals surface area (Å²) in [6, 6.07) is 10.5. The SMILES string of the molecule is CCCc1ccc(CCc2nc(OCC3CCCCO3)cc(O)c2C(C)C)cc1. The number of aromatic hydroxyl groups is 1. The van der Waals surface area contributed by atoms with E-state index in [9.17, 15) is 5.11 Å². The fourth-order valence-corrected chi connectivity index (χ4v) is 4.00. The number of pyridine rings is 1. The summed E-state index contributed by atoms with van der Waals surface area (Å²) in [7, 11) is 0. The molecule has 0 radical (unpaired) electrons. The molecular weight excluding hydrogens is 362 g/mol. The third-order valence-corrected chi connectivity index (χ3v) is 5.57. The third-order valence-electron chi connectivity index (χ3n) is 5.57. The first-order chi connectivity index (χ1) is 14.1. The minimum absolute atomic E-state index is 0.127. The van der Waals surface area contributed by atoms with Crippen molar-refractivity contribution in [3.63, 3.8) is 0 Å². The van der Waals surface area contributed by atoms with Crippen molar-refractivity contribution < 1.29 is 14.6 Å². The van der Waals surface area contributed by atoms with Crippen LogP contribution in [0.5, 0.6) is 11.6 Å². The van der Waals surface area contributed by atoms with E-state index in [4.69, 9.17) is 14.5 Å². The Balaban J connectivity index is 1.69. The number of hydrogen-bond acceptors (Lipinski definition) is 4. The van der Waals surface area contributed by atoms with Crippen LogP contribution in [-0.4, -0.2) is 29.4 Å². The second-order valence-corrected chi connectivity index (χ2v) is 8.36. The van der Waals surface area contributed by atoms with Gasteiger partial charge in [0.15, 0.2) is 0 Å². The van der Waals surface area contributed by atoms with Gasteiger partial charge in [0, 0.05) is 18.2 Å². The maximum atomic E-state index is 10.6. The van der Waals surface area contributed by atoms with Crippen LogP contribution >= 0.6 is 0 Å². The molecule has 1 fully saturated rings. The summed E-state index contributed by atoms with van der Waals surface area (Å²) in [6.45, 7) is 7.69. The molecule has 4 heteroatoms. The fourth-order valence-electron chi connectivity index (χ4n) is 4.00. The quantitative estimate of drug-likeness (QED) is 0.599. The predicted octanol–water partition coefficient (Wildman–Crippen LogP) is 5.60. The van der Waals surface area contributed by atoms with E-state index in [1.54, 1.807) is 6.07 Å². The van der Waals surface area contributed by atoms with Gasteiger partial charge >= 0.3 is 0 Å². The Morgan fingerprint density at radius 3 is 2.45 bits per heavy atom. The Morgan fingerprint density at radius 1 is 1.10 bits per heavy atom. The molecule has 0 saturated carbocycles. The lowest BCUT2D eigenvalue weighted by molar-refractivity contribution is -0.0120. The molecule has 29 heavy (non-hydrogen) atoms. The zero-order valence-corrected chi connectivity index (χ0v) is 18.1. The number of nitrogens with zero attached hydrogens (tertiary/aromatic N) is 1. The van der Waals surface area contributed by atoms with E-state index in [0.29, 0.717) is 12.5 Å². The van der Waals surface area contributed by atoms with Crippen LogP contribution in [0.2, 0.25) is 0 Å². The van der Waals surface area contributed by atoms with Crippen molar-refractivity contribution in [2.24, 2.45) is 0 Å². The molecule has 158 valence electrons. The second kappa shape index (κ2) is 10.6. The number of benzene rings is 1. The Bertz CT molecular complexity index is 764. The van der Waals surface area contributed by atoms with E-state index in [1.807, 2.05) is 0 Å². The molecule has 4 nitrogen and oxygen atoms in total.